The fourth-order valence-electron chi connectivity index (χ4n) is 3.17. The largest absolute Gasteiger partial charge is 0.317 e. The van der Waals surface area contributed by atoms with Crippen molar-refractivity contribution in [3.8, 4) is 0 Å². The molecule has 0 aliphatic heterocycles. The Morgan fingerprint density at radius 2 is 1.34 bits per heavy atom. The molecule has 0 aliphatic carbocycles. The lowest BCUT2D eigenvalue weighted by atomic mass is 10.1. The topological polar surface area (TPSA) is 70.6 Å². The molecule has 156 valence electrons. The van der Waals surface area contributed by atoms with Gasteiger partial charge in [0.1, 0.15) is 5.70 Å². The maximum absolute atomic E-state index is 12.9. The van der Waals surface area contributed by atoms with E-state index < -0.39 is 5.91 Å². The van der Waals surface area contributed by atoms with Gasteiger partial charge in [0.25, 0.3) is 11.8 Å². The standard InChI is InChI=1S/C27H21N3O2/c31-26(23-12-5-2-6-13-23)29-25(27(32)30-28-19-20-9-3-1-4-10-20)18-21-15-16-22-11-7-8-14-24(22)17-21/h1-19H,(H,29,31)(H,30,32). The maximum Gasteiger partial charge on any atom is 0.287 e. The van der Waals surface area contributed by atoms with E-state index in [0.29, 0.717) is 5.56 Å². The van der Waals surface area contributed by atoms with Crippen molar-refractivity contribution >= 4 is 34.9 Å². The van der Waals surface area contributed by atoms with Crippen LogP contribution in [0.1, 0.15) is 21.5 Å². The summed E-state index contributed by atoms with van der Waals surface area (Å²) in [6.45, 7) is 0. The molecule has 0 atom stereocenters. The summed E-state index contributed by atoms with van der Waals surface area (Å²) < 4.78 is 0. The molecule has 32 heavy (non-hydrogen) atoms. The molecule has 5 heteroatoms. The molecule has 0 bridgehead atoms. The fourth-order valence-corrected chi connectivity index (χ4v) is 3.17. The third-order valence-electron chi connectivity index (χ3n) is 4.79. The predicted octanol–water partition coefficient (Wildman–Crippen LogP) is 4.76. The lowest BCUT2D eigenvalue weighted by Crippen LogP contribution is -2.32. The number of hydrogen-bond acceptors (Lipinski definition) is 3. The van der Waals surface area contributed by atoms with Gasteiger partial charge in [-0.3, -0.25) is 9.59 Å². The lowest BCUT2D eigenvalue weighted by molar-refractivity contribution is -0.117. The van der Waals surface area contributed by atoms with Crippen LogP contribution in [-0.2, 0) is 4.79 Å². The molecule has 2 amide bonds. The van der Waals surface area contributed by atoms with E-state index in [4.69, 9.17) is 0 Å². The molecule has 4 rings (SSSR count). The predicted molar refractivity (Wildman–Crippen MR) is 128 cm³/mol. The maximum atomic E-state index is 12.9. The van der Waals surface area contributed by atoms with Crippen molar-refractivity contribution in [1.29, 1.82) is 0 Å². The summed E-state index contributed by atoms with van der Waals surface area (Å²) in [5, 5.41) is 8.87. The van der Waals surface area contributed by atoms with E-state index in [2.05, 4.69) is 15.8 Å². The van der Waals surface area contributed by atoms with Gasteiger partial charge in [0.2, 0.25) is 0 Å². The zero-order chi connectivity index (χ0) is 22.2. The number of hydrazone groups is 1. The second-order valence-corrected chi connectivity index (χ2v) is 7.09. The molecule has 0 aromatic heterocycles. The number of nitrogens with one attached hydrogen (secondary N) is 2. The van der Waals surface area contributed by atoms with Crippen LogP contribution in [0.3, 0.4) is 0 Å². The minimum atomic E-state index is -0.519. The van der Waals surface area contributed by atoms with Crippen LogP contribution >= 0.6 is 0 Å². The van der Waals surface area contributed by atoms with Crippen molar-refractivity contribution in [2.75, 3.05) is 0 Å². The number of nitrogens with zero attached hydrogens (tertiary/aromatic N) is 1. The van der Waals surface area contributed by atoms with E-state index in [-0.39, 0.29) is 11.6 Å². The molecule has 4 aromatic rings. The van der Waals surface area contributed by atoms with Gasteiger partial charge in [-0.15, -0.1) is 0 Å². The first kappa shape index (κ1) is 20.8. The first-order valence-electron chi connectivity index (χ1n) is 10.1. The van der Waals surface area contributed by atoms with Crippen LogP contribution in [0.25, 0.3) is 16.8 Å². The molecular weight excluding hydrogens is 398 g/mol. The number of benzene rings is 4. The second-order valence-electron chi connectivity index (χ2n) is 7.09. The summed E-state index contributed by atoms with van der Waals surface area (Å²) >= 11 is 0. The molecule has 0 spiro atoms. The molecule has 0 fully saturated rings. The quantitative estimate of drug-likeness (QED) is 0.269. The van der Waals surface area contributed by atoms with Crippen LogP contribution in [0.5, 0.6) is 0 Å². The van der Waals surface area contributed by atoms with E-state index >= 15 is 0 Å². The fraction of sp³-hybridized carbons (Fsp3) is 0. The average Bonchev–Trinajstić information content (AvgIpc) is 2.84. The molecule has 2 N–H and O–H groups in total. The molecule has 0 saturated carbocycles. The number of rotatable bonds is 6. The number of carbonyl (C=O) groups excluding carboxylic acids is 2. The highest BCUT2D eigenvalue weighted by molar-refractivity contribution is 6.05. The monoisotopic (exact) mass is 419 g/mol. The summed E-state index contributed by atoms with van der Waals surface area (Å²) in [6.07, 6.45) is 3.19. The van der Waals surface area contributed by atoms with Gasteiger partial charge in [0.15, 0.2) is 0 Å². The van der Waals surface area contributed by atoms with E-state index in [9.17, 15) is 9.59 Å². The van der Waals surface area contributed by atoms with Crippen molar-refractivity contribution in [3.05, 3.63) is 126 Å². The normalized spacial score (nSPS) is 11.4. The molecule has 0 heterocycles. The van der Waals surface area contributed by atoms with Gasteiger partial charge in [-0.25, -0.2) is 5.43 Å². The first-order valence-corrected chi connectivity index (χ1v) is 10.1. The summed E-state index contributed by atoms with van der Waals surface area (Å²) in [5.74, 6) is -0.894. The Hall–Kier alpha value is -4.51. The van der Waals surface area contributed by atoms with Gasteiger partial charge in [-0.1, -0.05) is 84.9 Å². The SMILES string of the molecule is O=C(NN=Cc1ccccc1)C(=Cc1ccc2ccccc2c1)NC(=O)c1ccccc1. The Balaban J connectivity index is 1.60. The highest BCUT2D eigenvalue weighted by Crippen LogP contribution is 2.17. The number of hydrogen-bond donors (Lipinski definition) is 2. The number of fused-ring (bicyclic) bond motifs is 1. The van der Waals surface area contributed by atoms with Crippen molar-refractivity contribution in [2.24, 2.45) is 5.10 Å². The van der Waals surface area contributed by atoms with Gasteiger partial charge >= 0.3 is 0 Å². The molecule has 0 radical (unpaired) electrons. The van der Waals surface area contributed by atoms with E-state index in [0.717, 1.165) is 21.9 Å². The lowest BCUT2D eigenvalue weighted by Gasteiger charge is -2.09. The third kappa shape index (κ3) is 5.34. The zero-order valence-electron chi connectivity index (χ0n) is 17.2. The van der Waals surface area contributed by atoms with Crippen LogP contribution in [-0.4, -0.2) is 18.0 Å². The van der Waals surface area contributed by atoms with Gasteiger partial charge in [0, 0.05) is 5.56 Å². The second kappa shape index (κ2) is 10.00. The van der Waals surface area contributed by atoms with Crippen molar-refractivity contribution in [2.45, 2.75) is 0 Å². The molecule has 5 nitrogen and oxygen atoms in total. The van der Waals surface area contributed by atoms with Gasteiger partial charge < -0.3 is 5.32 Å². The molecule has 0 aliphatic rings. The highest BCUT2D eigenvalue weighted by Gasteiger charge is 2.14. The highest BCUT2D eigenvalue weighted by atomic mass is 16.2. The van der Waals surface area contributed by atoms with E-state index in [1.807, 2.05) is 78.9 Å². The molecule has 4 aromatic carbocycles. The minimum absolute atomic E-state index is 0.0966. The Labute approximate surface area is 186 Å². The van der Waals surface area contributed by atoms with Gasteiger partial charge in [0.05, 0.1) is 6.21 Å². The molecule has 0 unspecified atom stereocenters. The van der Waals surface area contributed by atoms with Crippen molar-refractivity contribution in [3.63, 3.8) is 0 Å². The Morgan fingerprint density at radius 1 is 0.688 bits per heavy atom. The van der Waals surface area contributed by atoms with Crippen LogP contribution in [0, 0.1) is 0 Å². The summed E-state index contributed by atoms with van der Waals surface area (Å²) in [6, 6.07) is 31.9. The van der Waals surface area contributed by atoms with Gasteiger partial charge in [-0.05, 0) is 46.2 Å². The smallest absolute Gasteiger partial charge is 0.287 e. The van der Waals surface area contributed by atoms with Crippen molar-refractivity contribution < 1.29 is 9.59 Å². The van der Waals surface area contributed by atoms with Crippen LogP contribution in [0.4, 0.5) is 0 Å². The third-order valence-corrected chi connectivity index (χ3v) is 4.79. The summed E-state index contributed by atoms with van der Waals surface area (Å²) in [5.41, 5.74) is 4.68. The molecule has 0 saturated heterocycles. The Morgan fingerprint density at radius 3 is 2.09 bits per heavy atom. The number of carbonyl (C=O) groups is 2. The van der Waals surface area contributed by atoms with Crippen LogP contribution < -0.4 is 10.7 Å². The zero-order valence-corrected chi connectivity index (χ0v) is 17.2. The average molecular weight is 419 g/mol. The van der Waals surface area contributed by atoms with Crippen molar-refractivity contribution in [1.82, 2.24) is 10.7 Å². The molecular formula is C27H21N3O2. The Bertz CT molecular complexity index is 1300. The van der Waals surface area contributed by atoms with Crippen LogP contribution in [0.2, 0.25) is 0 Å². The van der Waals surface area contributed by atoms with Gasteiger partial charge in [-0.2, -0.15) is 5.10 Å². The van der Waals surface area contributed by atoms with E-state index in [1.165, 1.54) is 0 Å². The number of amides is 2. The van der Waals surface area contributed by atoms with E-state index in [1.54, 1.807) is 36.6 Å². The van der Waals surface area contributed by atoms with Crippen LogP contribution in [0.15, 0.2) is 114 Å². The summed E-state index contributed by atoms with van der Waals surface area (Å²) in [4.78, 5) is 25.5. The Kier molecular flexibility index (Phi) is 6.48. The summed E-state index contributed by atoms with van der Waals surface area (Å²) in [7, 11) is 0. The minimum Gasteiger partial charge on any atom is -0.317 e. The first-order chi connectivity index (χ1) is 15.7.